The molecule has 106 valence electrons. The standard InChI is InChI=1S/C15H11ClN2O2S/c16-14-7-6-13(21-14)15(19)17-9-11-8-12(18-20-11)10-4-2-1-3-5-10/h1-8H,9H2,(H,17,19). The molecule has 0 aliphatic carbocycles. The molecule has 0 aliphatic rings. The van der Waals surface area contributed by atoms with Gasteiger partial charge in [-0.3, -0.25) is 4.79 Å². The highest BCUT2D eigenvalue weighted by Gasteiger charge is 2.11. The van der Waals surface area contributed by atoms with Gasteiger partial charge in [0.2, 0.25) is 0 Å². The van der Waals surface area contributed by atoms with Gasteiger partial charge in [0.05, 0.1) is 15.8 Å². The van der Waals surface area contributed by atoms with Crippen LogP contribution in [0.4, 0.5) is 0 Å². The maximum atomic E-state index is 11.9. The number of thiophene rings is 1. The second kappa shape index (κ2) is 6.11. The minimum atomic E-state index is -0.176. The normalized spacial score (nSPS) is 10.5. The van der Waals surface area contributed by atoms with Crippen molar-refractivity contribution < 1.29 is 9.32 Å². The summed E-state index contributed by atoms with van der Waals surface area (Å²) in [5, 5.41) is 6.77. The van der Waals surface area contributed by atoms with Crippen LogP contribution in [-0.2, 0) is 6.54 Å². The van der Waals surface area contributed by atoms with E-state index in [9.17, 15) is 4.79 Å². The van der Waals surface area contributed by atoms with E-state index >= 15 is 0 Å². The van der Waals surface area contributed by atoms with Crippen LogP contribution in [-0.4, -0.2) is 11.1 Å². The monoisotopic (exact) mass is 318 g/mol. The van der Waals surface area contributed by atoms with Gasteiger partial charge in [0, 0.05) is 11.6 Å². The predicted molar refractivity (Wildman–Crippen MR) is 82.4 cm³/mol. The smallest absolute Gasteiger partial charge is 0.261 e. The zero-order chi connectivity index (χ0) is 14.7. The Morgan fingerprint density at radius 1 is 1.24 bits per heavy atom. The maximum absolute atomic E-state index is 11.9. The molecular formula is C15H11ClN2O2S. The summed E-state index contributed by atoms with van der Waals surface area (Å²) in [6.07, 6.45) is 0. The fourth-order valence-electron chi connectivity index (χ4n) is 1.83. The van der Waals surface area contributed by atoms with Crippen LogP contribution >= 0.6 is 22.9 Å². The molecule has 2 heterocycles. The number of carbonyl (C=O) groups excluding carboxylic acids is 1. The number of rotatable bonds is 4. The molecule has 0 spiro atoms. The van der Waals surface area contributed by atoms with Gasteiger partial charge in [0.1, 0.15) is 5.69 Å². The zero-order valence-corrected chi connectivity index (χ0v) is 12.4. The molecule has 0 bridgehead atoms. The van der Waals surface area contributed by atoms with Crippen molar-refractivity contribution >= 4 is 28.8 Å². The van der Waals surface area contributed by atoms with Crippen LogP contribution in [0.1, 0.15) is 15.4 Å². The lowest BCUT2D eigenvalue weighted by molar-refractivity contribution is 0.0951. The highest BCUT2D eigenvalue weighted by molar-refractivity contribution is 7.17. The van der Waals surface area contributed by atoms with Crippen molar-refractivity contribution in [2.24, 2.45) is 0 Å². The van der Waals surface area contributed by atoms with Crippen LogP contribution < -0.4 is 5.32 Å². The molecule has 2 aromatic heterocycles. The Labute approximate surface area is 130 Å². The summed E-state index contributed by atoms with van der Waals surface area (Å²) in [5.41, 5.74) is 1.72. The molecule has 1 aromatic carbocycles. The summed E-state index contributed by atoms with van der Waals surface area (Å²) in [4.78, 5) is 12.5. The van der Waals surface area contributed by atoms with Crippen molar-refractivity contribution in [3.8, 4) is 11.3 Å². The third-order valence-corrected chi connectivity index (χ3v) is 4.08. The molecule has 0 saturated carbocycles. The Hall–Kier alpha value is -2.11. The Morgan fingerprint density at radius 3 is 2.76 bits per heavy atom. The number of benzene rings is 1. The predicted octanol–water partition coefficient (Wildman–Crippen LogP) is 3.99. The van der Waals surface area contributed by atoms with Crippen LogP contribution in [0, 0.1) is 0 Å². The number of carbonyl (C=O) groups is 1. The average Bonchev–Trinajstić information content (AvgIpc) is 3.15. The topological polar surface area (TPSA) is 55.1 Å². The van der Waals surface area contributed by atoms with Crippen LogP contribution in [0.25, 0.3) is 11.3 Å². The minimum Gasteiger partial charge on any atom is -0.359 e. The third kappa shape index (κ3) is 3.32. The first kappa shape index (κ1) is 13.9. The Bertz CT molecular complexity index is 752. The fourth-order valence-corrected chi connectivity index (χ4v) is 2.79. The molecular weight excluding hydrogens is 308 g/mol. The van der Waals surface area contributed by atoms with Gasteiger partial charge < -0.3 is 9.84 Å². The van der Waals surface area contributed by atoms with Crippen molar-refractivity contribution in [1.29, 1.82) is 0 Å². The summed E-state index contributed by atoms with van der Waals surface area (Å²) < 4.78 is 5.81. The van der Waals surface area contributed by atoms with E-state index in [1.165, 1.54) is 11.3 Å². The van der Waals surface area contributed by atoms with Crippen LogP contribution in [0.3, 0.4) is 0 Å². The largest absolute Gasteiger partial charge is 0.359 e. The van der Waals surface area contributed by atoms with E-state index in [0.717, 1.165) is 11.3 Å². The van der Waals surface area contributed by atoms with Crippen LogP contribution in [0.15, 0.2) is 53.1 Å². The summed E-state index contributed by atoms with van der Waals surface area (Å²) in [7, 11) is 0. The first-order valence-corrected chi connectivity index (χ1v) is 7.46. The molecule has 1 amide bonds. The summed E-state index contributed by atoms with van der Waals surface area (Å²) in [6, 6.07) is 14.9. The lowest BCUT2D eigenvalue weighted by Gasteiger charge is -1.99. The molecule has 0 saturated heterocycles. The van der Waals surface area contributed by atoms with E-state index in [4.69, 9.17) is 16.1 Å². The molecule has 4 nitrogen and oxygen atoms in total. The highest BCUT2D eigenvalue weighted by atomic mass is 35.5. The van der Waals surface area contributed by atoms with Gasteiger partial charge in [-0.05, 0) is 12.1 Å². The first-order valence-electron chi connectivity index (χ1n) is 6.27. The number of aromatic nitrogens is 1. The number of halogens is 1. The van der Waals surface area contributed by atoms with Crippen LogP contribution in [0.5, 0.6) is 0 Å². The fraction of sp³-hybridized carbons (Fsp3) is 0.0667. The van der Waals surface area contributed by atoms with Crippen molar-refractivity contribution in [2.75, 3.05) is 0 Å². The van der Waals surface area contributed by atoms with E-state index in [2.05, 4.69) is 10.5 Å². The number of hydrogen-bond donors (Lipinski definition) is 1. The van der Waals surface area contributed by atoms with Gasteiger partial charge >= 0.3 is 0 Å². The van der Waals surface area contributed by atoms with Crippen molar-refractivity contribution in [3.63, 3.8) is 0 Å². The lowest BCUT2D eigenvalue weighted by Crippen LogP contribution is -2.21. The minimum absolute atomic E-state index is 0.176. The molecule has 0 unspecified atom stereocenters. The van der Waals surface area contributed by atoms with E-state index in [1.807, 2.05) is 36.4 Å². The molecule has 3 rings (SSSR count). The SMILES string of the molecule is O=C(NCc1cc(-c2ccccc2)no1)c1ccc(Cl)s1. The molecule has 3 aromatic rings. The van der Waals surface area contributed by atoms with Gasteiger partial charge in [-0.2, -0.15) is 0 Å². The number of amides is 1. The summed E-state index contributed by atoms with van der Waals surface area (Å²) in [6.45, 7) is 0.286. The molecule has 0 atom stereocenters. The molecule has 0 aliphatic heterocycles. The molecule has 0 fully saturated rings. The van der Waals surface area contributed by atoms with E-state index < -0.39 is 0 Å². The number of nitrogens with zero attached hydrogens (tertiary/aromatic N) is 1. The molecule has 0 radical (unpaired) electrons. The Balaban J connectivity index is 1.64. The summed E-state index contributed by atoms with van der Waals surface area (Å²) in [5.74, 6) is 0.425. The van der Waals surface area contributed by atoms with Gasteiger partial charge in [0.25, 0.3) is 5.91 Å². The van der Waals surface area contributed by atoms with Gasteiger partial charge in [-0.15, -0.1) is 11.3 Å². The quantitative estimate of drug-likeness (QED) is 0.791. The van der Waals surface area contributed by atoms with E-state index in [-0.39, 0.29) is 12.5 Å². The van der Waals surface area contributed by atoms with Crippen molar-refractivity contribution in [3.05, 3.63) is 63.5 Å². The second-order valence-electron chi connectivity index (χ2n) is 4.33. The van der Waals surface area contributed by atoms with Crippen molar-refractivity contribution in [1.82, 2.24) is 10.5 Å². The van der Waals surface area contributed by atoms with Gasteiger partial charge in [-0.1, -0.05) is 47.1 Å². The molecule has 21 heavy (non-hydrogen) atoms. The molecule has 1 N–H and O–H groups in total. The Kier molecular flexibility index (Phi) is 4.03. The number of hydrogen-bond acceptors (Lipinski definition) is 4. The second-order valence-corrected chi connectivity index (χ2v) is 6.05. The average molecular weight is 319 g/mol. The maximum Gasteiger partial charge on any atom is 0.261 e. The van der Waals surface area contributed by atoms with Gasteiger partial charge in [0.15, 0.2) is 5.76 Å². The summed E-state index contributed by atoms with van der Waals surface area (Å²) >= 11 is 7.04. The van der Waals surface area contributed by atoms with E-state index in [0.29, 0.717) is 15.0 Å². The molecule has 6 heteroatoms. The van der Waals surface area contributed by atoms with Gasteiger partial charge in [-0.25, -0.2) is 0 Å². The van der Waals surface area contributed by atoms with Crippen molar-refractivity contribution in [2.45, 2.75) is 6.54 Å². The first-order chi connectivity index (χ1) is 10.2. The number of nitrogens with one attached hydrogen (secondary N) is 1. The highest BCUT2D eigenvalue weighted by Crippen LogP contribution is 2.21. The van der Waals surface area contributed by atoms with E-state index in [1.54, 1.807) is 12.1 Å². The van der Waals surface area contributed by atoms with Crippen LogP contribution in [0.2, 0.25) is 4.34 Å². The Morgan fingerprint density at radius 2 is 2.05 bits per heavy atom. The zero-order valence-electron chi connectivity index (χ0n) is 10.9. The third-order valence-electron chi connectivity index (χ3n) is 2.85. The lowest BCUT2D eigenvalue weighted by atomic mass is 10.1.